The lowest BCUT2D eigenvalue weighted by atomic mass is 10.1. The predicted octanol–water partition coefficient (Wildman–Crippen LogP) is 2.90. The second kappa shape index (κ2) is 7.90. The lowest BCUT2D eigenvalue weighted by Gasteiger charge is -2.07. The number of primary sulfonamides is 1. The zero-order chi connectivity index (χ0) is 18.6. The molecule has 0 atom stereocenters. The van der Waals surface area contributed by atoms with Gasteiger partial charge in [0.1, 0.15) is 0 Å². The first-order valence-corrected chi connectivity index (χ1v) is 10.4. The van der Waals surface area contributed by atoms with Crippen LogP contribution >= 0.6 is 11.8 Å². The molecule has 0 heterocycles. The van der Waals surface area contributed by atoms with Gasteiger partial charge >= 0.3 is 0 Å². The van der Waals surface area contributed by atoms with Gasteiger partial charge in [-0.05, 0) is 40.6 Å². The summed E-state index contributed by atoms with van der Waals surface area (Å²) in [5.74, 6) is 0.229. The van der Waals surface area contributed by atoms with E-state index in [9.17, 15) is 13.2 Å². The van der Waals surface area contributed by atoms with Crippen molar-refractivity contribution in [3.63, 3.8) is 0 Å². The van der Waals surface area contributed by atoms with Gasteiger partial charge in [-0.1, -0.05) is 42.5 Å². The van der Waals surface area contributed by atoms with Crippen LogP contribution in [0.15, 0.2) is 76.5 Å². The van der Waals surface area contributed by atoms with Crippen LogP contribution in [0, 0.1) is 0 Å². The van der Waals surface area contributed by atoms with Crippen LogP contribution in [-0.4, -0.2) is 20.1 Å². The van der Waals surface area contributed by atoms with Gasteiger partial charge in [-0.15, -0.1) is 11.8 Å². The van der Waals surface area contributed by atoms with Crippen LogP contribution in [0.5, 0.6) is 0 Å². The van der Waals surface area contributed by atoms with Crippen LogP contribution in [0.3, 0.4) is 0 Å². The summed E-state index contributed by atoms with van der Waals surface area (Å²) in [6.07, 6.45) is 0. The number of nitrogens with one attached hydrogen (secondary N) is 1. The zero-order valence-electron chi connectivity index (χ0n) is 13.9. The number of nitrogens with two attached hydrogens (primary N) is 1. The lowest BCUT2D eigenvalue weighted by Crippen LogP contribution is -2.24. The summed E-state index contributed by atoms with van der Waals surface area (Å²) in [5.41, 5.74) is 0.807. The molecule has 0 bridgehead atoms. The van der Waals surface area contributed by atoms with Crippen LogP contribution in [-0.2, 0) is 21.4 Å². The average molecular weight is 386 g/mol. The van der Waals surface area contributed by atoms with E-state index in [1.807, 2.05) is 30.3 Å². The van der Waals surface area contributed by atoms with E-state index in [-0.39, 0.29) is 10.8 Å². The van der Waals surface area contributed by atoms with Crippen LogP contribution in [0.1, 0.15) is 5.56 Å². The first-order chi connectivity index (χ1) is 12.4. The molecule has 5 nitrogen and oxygen atoms in total. The maximum atomic E-state index is 12.0. The van der Waals surface area contributed by atoms with E-state index in [0.717, 1.165) is 15.8 Å². The quantitative estimate of drug-likeness (QED) is 0.638. The van der Waals surface area contributed by atoms with Gasteiger partial charge in [0.05, 0.1) is 10.6 Å². The maximum absolute atomic E-state index is 12.0. The Balaban J connectivity index is 1.52. The predicted molar refractivity (Wildman–Crippen MR) is 104 cm³/mol. The van der Waals surface area contributed by atoms with Crippen molar-refractivity contribution in [2.75, 3.05) is 5.75 Å². The molecular formula is C19H18N2O3S2. The second-order valence-corrected chi connectivity index (χ2v) is 8.37. The highest BCUT2D eigenvalue weighted by molar-refractivity contribution is 8.00. The van der Waals surface area contributed by atoms with Gasteiger partial charge in [0.15, 0.2) is 0 Å². The van der Waals surface area contributed by atoms with Gasteiger partial charge in [-0.25, -0.2) is 13.6 Å². The van der Waals surface area contributed by atoms with E-state index in [1.165, 1.54) is 29.3 Å². The Labute approximate surface area is 156 Å². The summed E-state index contributed by atoms with van der Waals surface area (Å²) in [4.78, 5) is 13.1. The van der Waals surface area contributed by atoms with Crippen LogP contribution in [0.25, 0.3) is 10.8 Å². The topological polar surface area (TPSA) is 89.3 Å². The lowest BCUT2D eigenvalue weighted by molar-refractivity contribution is -0.118. The molecule has 3 aromatic carbocycles. The van der Waals surface area contributed by atoms with E-state index in [1.54, 1.807) is 12.1 Å². The van der Waals surface area contributed by atoms with Crippen molar-refractivity contribution in [1.29, 1.82) is 0 Å². The summed E-state index contributed by atoms with van der Waals surface area (Å²) in [5, 5.41) is 10.2. The summed E-state index contributed by atoms with van der Waals surface area (Å²) < 4.78 is 22.4. The number of carbonyl (C=O) groups is 1. The molecule has 0 aromatic heterocycles. The first kappa shape index (κ1) is 18.4. The number of amides is 1. The van der Waals surface area contributed by atoms with E-state index in [2.05, 4.69) is 17.4 Å². The largest absolute Gasteiger partial charge is 0.351 e. The van der Waals surface area contributed by atoms with Crippen molar-refractivity contribution >= 4 is 38.5 Å². The highest BCUT2D eigenvalue weighted by atomic mass is 32.2. The molecule has 3 N–H and O–H groups in total. The molecule has 0 saturated carbocycles. The highest BCUT2D eigenvalue weighted by Crippen LogP contribution is 2.23. The van der Waals surface area contributed by atoms with Crippen LogP contribution in [0.4, 0.5) is 0 Å². The molecule has 1 amide bonds. The van der Waals surface area contributed by atoms with Crippen molar-refractivity contribution in [3.05, 3.63) is 72.3 Å². The Hall–Kier alpha value is -2.35. The number of benzene rings is 3. The standard InChI is InChI=1S/C19H18N2O3S2/c20-26(23,24)18-9-5-14(6-10-18)12-21-19(22)13-25-17-8-7-15-3-1-2-4-16(15)11-17/h1-11H,12-13H2,(H,21,22)(H2,20,23,24). The van der Waals surface area contributed by atoms with Gasteiger partial charge < -0.3 is 5.32 Å². The third-order valence-electron chi connectivity index (χ3n) is 3.83. The van der Waals surface area contributed by atoms with E-state index >= 15 is 0 Å². The molecular weight excluding hydrogens is 368 g/mol. The average Bonchev–Trinajstić information content (AvgIpc) is 2.64. The molecule has 0 fully saturated rings. The van der Waals surface area contributed by atoms with Crippen molar-refractivity contribution in [2.24, 2.45) is 5.14 Å². The Morgan fingerprint density at radius 1 is 0.962 bits per heavy atom. The van der Waals surface area contributed by atoms with E-state index in [4.69, 9.17) is 5.14 Å². The summed E-state index contributed by atoms with van der Waals surface area (Å²) >= 11 is 1.48. The Morgan fingerprint density at radius 3 is 2.35 bits per heavy atom. The van der Waals surface area contributed by atoms with Crippen molar-refractivity contribution in [3.8, 4) is 0 Å². The summed E-state index contributed by atoms with van der Waals surface area (Å²) in [6.45, 7) is 0.335. The number of fused-ring (bicyclic) bond motifs is 1. The second-order valence-electron chi connectivity index (χ2n) is 5.76. The Kier molecular flexibility index (Phi) is 5.61. The van der Waals surface area contributed by atoms with Gasteiger partial charge in [-0.3, -0.25) is 4.79 Å². The molecule has 0 aliphatic rings. The molecule has 134 valence electrons. The third kappa shape index (κ3) is 4.85. The molecule has 0 saturated heterocycles. The molecule has 3 aromatic rings. The van der Waals surface area contributed by atoms with Crippen LogP contribution in [0.2, 0.25) is 0 Å². The Bertz CT molecular complexity index is 1030. The molecule has 0 radical (unpaired) electrons. The van der Waals surface area contributed by atoms with Gasteiger partial charge in [0.2, 0.25) is 15.9 Å². The fourth-order valence-corrected chi connectivity index (χ4v) is 3.74. The van der Waals surface area contributed by atoms with Gasteiger partial charge in [-0.2, -0.15) is 0 Å². The molecule has 3 rings (SSSR count). The van der Waals surface area contributed by atoms with Crippen molar-refractivity contribution in [1.82, 2.24) is 5.32 Å². The Morgan fingerprint density at radius 2 is 1.65 bits per heavy atom. The first-order valence-electron chi connectivity index (χ1n) is 7.92. The van der Waals surface area contributed by atoms with E-state index < -0.39 is 10.0 Å². The molecule has 0 aliphatic heterocycles. The van der Waals surface area contributed by atoms with Crippen molar-refractivity contribution in [2.45, 2.75) is 16.3 Å². The fraction of sp³-hybridized carbons (Fsp3) is 0.105. The highest BCUT2D eigenvalue weighted by Gasteiger charge is 2.08. The SMILES string of the molecule is NS(=O)(=O)c1ccc(CNC(=O)CSc2ccc3ccccc3c2)cc1. The molecule has 0 aliphatic carbocycles. The number of hydrogen-bond acceptors (Lipinski definition) is 4. The maximum Gasteiger partial charge on any atom is 0.238 e. The zero-order valence-corrected chi connectivity index (χ0v) is 15.5. The molecule has 0 spiro atoms. The van der Waals surface area contributed by atoms with Gasteiger partial charge in [0, 0.05) is 11.4 Å². The van der Waals surface area contributed by atoms with Crippen molar-refractivity contribution < 1.29 is 13.2 Å². The number of hydrogen-bond donors (Lipinski definition) is 2. The minimum absolute atomic E-state index is 0.0550. The summed E-state index contributed by atoms with van der Waals surface area (Å²) in [7, 11) is -3.70. The number of sulfonamides is 1. The number of carbonyl (C=O) groups excluding carboxylic acids is 1. The summed E-state index contributed by atoms with van der Waals surface area (Å²) in [6, 6.07) is 20.3. The minimum Gasteiger partial charge on any atom is -0.351 e. The van der Waals surface area contributed by atoms with E-state index in [0.29, 0.717) is 12.3 Å². The normalized spacial score (nSPS) is 11.4. The molecule has 26 heavy (non-hydrogen) atoms. The monoisotopic (exact) mass is 386 g/mol. The number of thioether (sulfide) groups is 1. The minimum atomic E-state index is -3.70. The molecule has 7 heteroatoms. The van der Waals surface area contributed by atoms with Crippen LogP contribution < -0.4 is 10.5 Å². The smallest absolute Gasteiger partial charge is 0.238 e. The third-order valence-corrected chi connectivity index (χ3v) is 5.76. The number of rotatable bonds is 6. The molecule has 0 unspecified atom stereocenters. The van der Waals surface area contributed by atoms with Gasteiger partial charge in [0.25, 0.3) is 0 Å². The fourth-order valence-electron chi connectivity index (χ4n) is 2.45.